The summed E-state index contributed by atoms with van der Waals surface area (Å²) in [7, 11) is 0. The molecule has 0 aliphatic carbocycles. The molecule has 0 bridgehead atoms. The van der Waals surface area contributed by atoms with Crippen LogP contribution in [0.2, 0.25) is 0 Å². The second-order valence-corrected chi connectivity index (χ2v) is 6.72. The predicted octanol–water partition coefficient (Wildman–Crippen LogP) is 2.77. The van der Waals surface area contributed by atoms with Crippen LogP contribution in [0.4, 0.5) is 5.69 Å². The van der Waals surface area contributed by atoms with Crippen molar-refractivity contribution in [1.29, 1.82) is 0 Å². The molecule has 4 rings (SSSR count). The van der Waals surface area contributed by atoms with Crippen LogP contribution in [0.3, 0.4) is 0 Å². The lowest BCUT2D eigenvalue weighted by Gasteiger charge is -2.14. The lowest BCUT2D eigenvalue weighted by atomic mass is 10.1. The van der Waals surface area contributed by atoms with Crippen molar-refractivity contribution >= 4 is 28.6 Å². The van der Waals surface area contributed by atoms with Crippen molar-refractivity contribution < 1.29 is 19.1 Å². The Kier molecular flexibility index (Phi) is 4.44. The molecule has 7 nitrogen and oxygen atoms in total. The molecule has 0 radical (unpaired) electrons. The van der Waals surface area contributed by atoms with Crippen LogP contribution >= 0.6 is 0 Å². The Morgan fingerprint density at radius 3 is 2.75 bits per heavy atom. The molecular formula is C21H19N3O4. The van der Waals surface area contributed by atoms with Crippen molar-refractivity contribution in [3.63, 3.8) is 0 Å². The molecule has 0 fully saturated rings. The van der Waals surface area contributed by atoms with Crippen LogP contribution in [0, 0.1) is 13.8 Å². The van der Waals surface area contributed by atoms with Crippen LogP contribution < -0.4 is 5.32 Å². The van der Waals surface area contributed by atoms with Crippen molar-refractivity contribution in [1.82, 2.24) is 9.88 Å². The van der Waals surface area contributed by atoms with E-state index in [1.807, 2.05) is 50.2 Å². The molecule has 3 aromatic rings. The van der Waals surface area contributed by atoms with E-state index in [2.05, 4.69) is 10.3 Å². The Hall–Kier alpha value is -3.45. The van der Waals surface area contributed by atoms with E-state index in [1.165, 1.54) is 6.08 Å². The van der Waals surface area contributed by atoms with Crippen LogP contribution in [0.5, 0.6) is 0 Å². The largest absolute Gasteiger partial charge is 0.436 e. The number of aliphatic hydroxyl groups is 1. The fourth-order valence-corrected chi connectivity index (χ4v) is 3.10. The van der Waals surface area contributed by atoms with Crippen molar-refractivity contribution in [3.05, 3.63) is 59.3 Å². The number of nitrogens with one attached hydrogen (secondary N) is 1. The van der Waals surface area contributed by atoms with Gasteiger partial charge < -0.3 is 14.8 Å². The van der Waals surface area contributed by atoms with Crippen LogP contribution in [-0.4, -0.2) is 40.0 Å². The van der Waals surface area contributed by atoms with Gasteiger partial charge in [-0.05, 0) is 49.2 Å². The first kappa shape index (κ1) is 17.9. The topological polar surface area (TPSA) is 95.7 Å². The maximum atomic E-state index is 12.4. The number of hydrogen-bond donors (Lipinski definition) is 2. The fourth-order valence-electron chi connectivity index (χ4n) is 3.10. The third-order valence-corrected chi connectivity index (χ3v) is 4.63. The number of anilines is 1. The molecule has 1 aliphatic heterocycles. The molecule has 28 heavy (non-hydrogen) atoms. The number of carbonyl (C=O) groups excluding carboxylic acids is 2. The molecule has 142 valence electrons. The van der Waals surface area contributed by atoms with Gasteiger partial charge in [-0.25, -0.2) is 4.98 Å². The third-order valence-electron chi connectivity index (χ3n) is 4.63. The first-order chi connectivity index (χ1) is 13.5. The number of aryl methyl sites for hydroxylation is 2. The normalized spacial score (nSPS) is 14.1. The van der Waals surface area contributed by atoms with E-state index in [1.54, 1.807) is 0 Å². The summed E-state index contributed by atoms with van der Waals surface area (Å²) in [5.74, 6) is -0.417. The highest BCUT2D eigenvalue weighted by atomic mass is 16.3. The second kappa shape index (κ2) is 6.94. The standard InChI is InChI=1S/C21H19N3O4/c1-12-3-6-15-18(9-12)28-20(23-15)14-5-4-13(2)16(10-14)22-17-11-19(26)24(7-8-25)21(17)27/h3-6,9-11,22,25H,7-8H2,1-2H3. The van der Waals surface area contributed by atoms with Crippen LogP contribution in [0.1, 0.15) is 11.1 Å². The van der Waals surface area contributed by atoms with E-state index in [-0.39, 0.29) is 18.8 Å². The number of benzene rings is 2. The van der Waals surface area contributed by atoms with E-state index in [0.717, 1.165) is 27.1 Å². The first-order valence-corrected chi connectivity index (χ1v) is 8.90. The number of rotatable bonds is 5. The molecule has 2 heterocycles. The van der Waals surface area contributed by atoms with Crippen LogP contribution in [0.25, 0.3) is 22.6 Å². The molecule has 0 unspecified atom stereocenters. The van der Waals surface area contributed by atoms with E-state index in [9.17, 15) is 9.59 Å². The molecule has 0 saturated heterocycles. The molecule has 7 heteroatoms. The Labute approximate surface area is 161 Å². The van der Waals surface area contributed by atoms with Gasteiger partial charge in [0.1, 0.15) is 11.2 Å². The maximum absolute atomic E-state index is 12.4. The molecule has 0 saturated carbocycles. The Bertz CT molecular complexity index is 1130. The molecule has 2 N–H and O–H groups in total. The Morgan fingerprint density at radius 1 is 1.14 bits per heavy atom. The minimum atomic E-state index is -0.457. The zero-order chi connectivity index (χ0) is 19.8. The summed E-state index contributed by atoms with van der Waals surface area (Å²) < 4.78 is 5.88. The summed E-state index contributed by atoms with van der Waals surface area (Å²) in [4.78, 5) is 29.8. The van der Waals surface area contributed by atoms with Gasteiger partial charge in [-0.1, -0.05) is 12.1 Å². The van der Waals surface area contributed by atoms with Gasteiger partial charge in [0.15, 0.2) is 5.58 Å². The zero-order valence-electron chi connectivity index (χ0n) is 15.5. The van der Waals surface area contributed by atoms with Crippen molar-refractivity contribution in [2.75, 3.05) is 18.5 Å². The molecule has 0 atom stereocenters. The summed E-state index contributed by atoms with van der Waals surface area (Å²) in [5.41, 5.74) is 5.08. The highest BCUT2D eigenvalue weighted by Crippen LogP contribution is 2.29. The van der Waals surface area contributed by atoms with Gasteiger partial charge in [-0.2, -0.15) is 0 Å². The number of oxazole rings is 1. The van der Waals surface area contributed by atoms with Gasteiger partial charge in [-0.3, -0.25) is 14.5 Å². The van der Waals surface area contributed by atoms with E-state index in [0.29, 0.717) is 17.2 Å². The third kappa shape index (κ3) is 3.16. The van der Waals surface area contributed by atoms with Gasteiger partial charge in [0, 0.05) is 17.3 Å². The quantitative estimate of drug-likeness (QED) is 0.664. The number of aliphatic hydroxyl groups excluding tert-OH is 1. The summed E-state index contributed by atoms with van der Waals surface area (Å²) in [5, 5.41) is 12.0. The number of aromatic nitrogens is 1. The summed E-state index contributed by atoms with van der Waals surface area (Å²) in [6.07, 6.45) is 1.24. The summed E-state index contributed by atoms with van der Waals surface area (Å²) in [6.45, 7) is 3.59. The molecule has 2 amide bonds. The molecular weight excluding hydrogens is 358 g/mol. The van der Waals surface area contributed by atoms with Gasteiger partial charge in [0.05, 0.1) is 13.2 Å². The van der Waals surface area contributed by atoms with E-state index < -0.39 is 11.8 Å². The van der Waals surface area contributed by atoms with Gasteiger partial charge >= 0.3 is 0 Å². The Morgan fingerprint density at radius 2 is 1.96 bits per heavy atom. The number of β-amino-alcohol motifs (C(OH)–C–C–N with tert-alkyl or cyclic N) is 1. The average Bonchev–Trinajstić information content (AvgIpc) is 3.19. The monoisotopic (exact) mass is 377 g/mol. The number of carbonyl (C=O) groups is 2. The highest BCUT2D eigenvalue weighted by molar-refractivity contribution is 6.17. The second-order valence-electron chi connectivity index (χ2n) is 6.72. The van der Waals surface area contributed by atoms with Crippen LogP contribution in [-0.2, 0) is 9.59 Å². The van der Waals surface area contributed by atoms with Gasteiger partial charge in [0.25, 0.3) is 11.8 Å². The number of fused-ring (bicyclic) bond motifs is 1. The smallest absolute Gasteiger partial charge is 0.277 e. The summed E-state index contributed by atoms with van der Waals surface area (Å²) >= 11 is 0. The minimum Gasteiger partial charge on any atom is -0.436 e. The number of imide groups is 1. The van der Waals surface area contributed by atoms with Gasteiger partial charge in [0.2, 0.25) is 5.89 Å². The van der Waals surface area contributed by atoms with Crippen molar-refractivity contribution in [2.24, 2.45) is 0 Å². The lowest BCUT2D eigenvalue weighted by molar-refractivity contribution is -0.137. The molecule has 2 aromatic carbocycles. The van der Waals surface area contributed by atoms with Crippen molar-refractivity contribution in [2.45, 2.75) is 13.8 Å². The highest BCUT2D eigenvalue weighted by Gasteiger charge is 2.30. The van der Waals surface area contributed by atoms with Crippen LogP contribution in [0.15, 0.2) is 52.6 Å². The maximum Gasteiger partial charge on any atom is 0.277 e. The predicted molar refractivity (Wildman–Crippen MR) is 104 cm³/mol. The molecule has 1 aliphatic rings. The van der Waals surface area contributed by atoms with Gasteiger partial charge in [-0.15, -0.1) is 0 Å². The number of hydrogen-bond acceptors (Lipinski definition) is 6. The van der Waals surface area contributed by atoms with Crippen molar-refractivity contribution in [3.8, 4) is 11.5 Å². The molecule has 0 spiro atoms. The molecule has 1 aromatic heterocycles. The summed E-state index contributed by atoms with van der Waals surface area (Å²) in [6, 6.07) is 11.4. The fraction of sp³-hybridized carbons (Fsp3) is 0.190. The van der Waals surface area contributed by atoms with E-state index >= 15 is 0 Å². The average molecular weight is 377 g/mol. The number of nitrogens with zero attached hydrogens (tertiary/aromatic N) is 2. The first-order valence-electron chi connectivity index (χ1n) is 8.90. The zero-order valence-corrected chi connectivity index (χ0v) is 15.5. The SMILES string of the molecule is Cc1ccc2nc(-c3ccc(C)c(NC4=CC(=O)N(CCO)C4=O)c3)oc2c1. The minimum absolute atomic E-state index is 0.0271. The van der Waals surface area contributed by atoms with E-state index in [4.69, 9.17) is 9.52 Å². The Balaban J connectivity index is 1.65. The number of amides is 2. The lowest BCUT2D eigenvalue weighted by Crippen LogP contribution is -2.34.